The largest absolute Gasteiger partial charge is 0.392 e. The monoisotopic (exact) mass is 194 g/mol. The fourth-order valence-electron chi connectivity index (χ4n) is 1.35. The summed E-state index contributed by atoms with van der Waals surface area (Å²) in [7, 11) is 0. The van der Waals surface area contributed by atoms with Crippen molar-refractivity contribution in [3.63, 3.8) is 0 Å². The molecule has 0 radical (unpaired) electrons. The van der Waals surface area contributed by atoms with Crippen molar-refractivity contribution in [3.8, 4) is 0 Å². The van der Waals surface area contributed by atoms with Crippen LogP contribution in [0, 0.1) is 0 Å². The van der Waals surface area contributed by atoms with Gasteiger partial charge in [0.1, 0.15) is 0 Å². The summed E-state index contributed by atoms with van der Waals surface area (Å²) in [6.07, 6.45) is 2.50. The zero-order valence-electron chi connectivity index (χ0n) is 8.83. The summed E-state index contributed by atoms with van der Waals surface area (Å²) in [5, 5.41) is 12.2. The van der Waals surface area contributed by atoms with Gasteiger partial charge in [0.15, 0.2) is 0 Å². The minimum absolute atomic E-state index is 0.302. The average Bonchev–Trinajstić information content (AvgIpc) is 2.18. The van der Waals surface area contributed by atoms with Crippen LogP contribution < -0.4 is 5.32 Å². The molecule has 3 heteroatoms. The lowest BCUT2D eigenvalue weighted by molar-refractivity contribution is 0.191. The van der Waals surface area contributed by atoms with Crippen LogP contribution in [0.1, 0.15) is 25.1 Å². The molecule has 0 bridgehead atoms. The molecule has 1 aromatic heterocycles. The van der Waals surface area contributed by atoms with E-state index in [0.717, 1.165) is 18.7 Å². The fourth-order valence-corrected chi connectivity index (χ4v) is 1.35. The SMILES string of the molecule is CCc1cccnc1CNC[C@H](C)O. The lowest BCUT2D eigenvalue weighted by Crippen LogP contribution is -2.24. The van der Waals surface area contributed by atoms with Gasteiger partial charge in [-0.05, 0) is 25.0 Å². The van der Waals surface area contributed by atoms with Crippen molar-refractivity contribution in [1.29, 1.82) is 0 Å². The first-order valence-corrected chi connectivity index (χ1v) is 5.05. The number of nitrogens with zero attached hydrogens (tertiary/aromatic N) is 1. The molecule has 2 N–H and O–H groups in total. The first kappa shape index (κ1) is 11.1. The third-order valence-electron chi connectivity index (χ3n) is 2.10. The average molecular weight is 194 g/mol. The molecule has 0 saturated carbocycles. The molecule has 0 fully saturated rings. The third-order valence-corrected chi connectivity index (χ3v) is 2.10. The summed E-state index contributed by atoms with van der Waals surface area (Å²) in [6, 6.07) is 4.05. The number of aliphatic hydroxyl groups is 1. The number of rotatable bonds is 5. The molecule has 3 nitrogen and oxygen atoms in total. The predicted molar refractivity (Wildman–Crippen MR) is 57.0 cm³/mol. The highest BCUT2D eigenvalue weighted by Gasteiger charge is 2.01. The van der Waals surface area contributed by atoms with Gasteiger partial charge in [-0.3, -0.25) is 4.98 Å². The van der Waals surface area contributed by atoms with Crippen LogP contribution in [0.2, 0.25) is 0 Å². The third kappa shape index (κ3) is 3.44. The molecule has 0 aliphatic rings. The number of nitrogens with one attached hydrogen (secondary N) is 1. The Labute approximate surface area is 85.2 Å². The van der Waals surface area contributed by atoms with Gasteiger partial charge in [-0.2, -0.15) is 0 Å². The van der Waals surface area contributed by atoms with Crippen molar-refractivity contribution in [1.82, 2.24) is 10.3 Å². The Morgan fingerprint density at radius 2 is 2.36 bits per heavy atom. The van der Waals surface area contributed by atoms with Crippen LogP contribution in [0.25, 0.3) is 0 Å². The van der Waals surface area contributed by atoms with Crippen molar-refractivity contribution < 1.29 is 5.11 Å². The molecule has 1 rings (SSSR count). The second-order valence-electron chi connectivity index (χ2n) is 3.44. The Hall–Kier alpha value is -0.930. The van der Waals surface area contributed by atoms with Gasteiger partial charge in [-0.1, -0.05) is 13.0 Å². The maximum atomic E-state index is 9.07. The van der Waals surface area contributed by atoms with Gasteiger partial charge in [0.2, 0.25) is 0 Å². The lowest BCUT2D eigenvalue weighted by atomic mass is 10.1. The summed E-state index contributed by atoms with van der Waals surface area (Å²) >= 11 is 0. The molecular weight excluding hydrogens is 176 g/mol. The molecule has 78 valence electrons. The van der Waals surface area contributed by atoms with Gasteiger partial charge < -0.3 is 10.4 Å². The summed E-state index contributed by atoms with van der Waals surface area (Å²) in [5.74, 6) is 0. The van der Waals surface area contributed by atoms with Crippen molar-refractivity contribution >= 4 is 0 Å². The van der Waals surface area contributed by atoms with Crippen LogP contribution >= 0.6 is 0 Å². The molecule has 1 heterocycles. The molecule has 1 aromatic rings. The highest BCUT2D eigenvalue weighted by atomic mass is 16.3. The van der Waals surface area contributed by atoms with Crippen molar-refractivity contribution in [3.05, 3.63) is 29.6 Å². The number of pyridine rings is 1. The Bertz CT molecular complexity index is 274. The van der Waals surface area contributed by atoms with E-state index in [2.05, 4.69) is 23.3 Å². The zero-order valence-corrected chi connectivity index (χ0v) is 8.83. The number of hydrogen-bond donors (Lipinski definition) is 2. The summed E-state index contributed by atoms with van der Waals surface area (Å²) in [6.45, 7) is 5.23. The molecular formula is C11H18N2O. The number of aromatic nitrogens is 1. The quantitative estimate of drug-likeness (QED) is 0.738. The smallest absolute Gasteiger partial charge is 0.0636 e. The van der Waals surface area contributed by atoms with Crippen molar-refractivity contribution in [2.75, 3.05) is 6.54 Å². The van der Waals surface area contributed by atoms with Crippen LogP contribution in [0.15, 0.2) is 18.3 Å². The van der Waals surface area contributed by atoms with Crippen LogP contribution in [0.5, 0.6) is 0 Å². The highest BCUT2D eigenvalue weighted by molar-refractivity contribution is 5.19. The minimum atomic E-state index is -0.302. The van der Waals surface area contributed by atoms with E-state index >= 15 is 0 Å². The van der Waals surface area contributed by atoms with Gasteiger partial charge in [-0.15, -0.1) is 0 Å². The highest BCUT2D eigenvalue weighted by Crippen LogP contribution is 2.05. The number of hydrogen-bond acceptors (Lipinski definition) is 3. The van der Waals surface area contributed by atoms with Crippen LogP contribution in [-0.2, 0) is 13.0 Å². The summed E-state index contributed by atoms with van der Waals surface area (Å²) in [5.41, 5.74) is 2.35. The molecule has 0 amide bonds. The second-order valence-corrected chi connectivity index (χ2v) is 3.44. The van der Waals surface area contributed by atoms with Crippen LogP contribution in [0.3, 0.4) is 0 Å². The van der Waals surface area contributed by atoms with E-state index in [-0.39, 0.29) is 6.10 Å². The standard InChI is InChI=1S/C11H18N2O/c1-3-10-5-4-6-13-11(10)8-12-7-9(2)14/h4-6,9,12,14H,3,7-8H2,1-2H3/t9-/m0/s1. The van der Waals surface area contributed by atoms with Gasteiger partial charge in [0.05, 0.1) is 11.8 Å². The Kier molecular flexibility index (Phi) is 4.56. The van der Waals surface area contributed by atoms with E-state index in [9.17, 15) is 0 Å². The van der Waals surface area contributed by atoms with E-state index in [1.165, 1.54) is 5.56 Å². The lowest BCUT2D eigenvalue weighted by Gasteiger charge is -2.09. The topological polar surface area (TPSA) is 45.2 Å². The molecule has 0 aliphatic heterocycles. The van der Waals surface area contributed by atoms with E-state index in [0.29, 0.717) is 6.54 Å². The molecule has 0 unspecified atom stereocenters. The van der Waals surface area contributed by atoms with Crippen molar-refractivity contribution in [2.24, 2.45) is 0 Å². The maximum Gasteiger partial charge on any atom is 0.0636 e. The van der Waals surface area contributed by atoms with E-state index in [4.69, 9.17) is 5.11 Å². The normalized spacial score (nSPS) is 12.8. The number of aliphatic hydroxyl groups excluding tert-OH is 1. The second kappa shape index (κ2) is 5.73. The van der Waals surface area contributed by atoms with Crippen LogP contribution in [0.4, 0.5) is 0 Å². The first-order valence-electron chi connectivity index (χ1n) is 5.05. The van der Waals surface area contributed by atoms with Crippen LogP contribution in [-0.4, -0.2) is 22.7 Å². The predicted octanol–water partition coefficient (Wildman–Crippen LogP) is 1.11. The molecule has 0 aromatic carbocycles. The fraction of sp³-hybridized carbons (Fsp3) is 0.545. The Morgan fingerprint density at radius 1 is 1.57 bits per heavy atom. The van der Waals surface area contributed by atoms with E-state index in [1.807, 2.05) is 6.07 Å². The Morgan fingerprint density at radius 3 is 3.00 bits per heavy atom. The van der Waals surface area contributed by atoms with Gasteiger partial charge in [0.25, 0.3) is 0 Å². The number of aryl methyl sites for hydroxylation is 1. The maximum absolute atomic E-state index is 9.07. The molecule has 0 aliphatic carbocycles. The van der Waals surface area contributed by atoms with Crippen molar-refractivity contribution in [2.45, 2.75) is 32.9 Å². The van der Waals surface area contributed by atoms with Gasteiger partial charge in [-0.25, -0.2) is 0 Å². The summed E-state index contributed by atoms with van der Waals surface area (Å²) < 4.78 is 0. The molecule has 14 heavy (non-hydrogen) atoms. The Balaban J connectivity index is 2.49. The molecule has 1 atom stereocenters. The first-order chi connectivity index (χ1) is 6.74. The van der Waals surface area contributed by atoms with E-state index < -0.39 is 0 Å². The minimum Gasteiger partial charge on any atom is -0.392 e. The summed E-state index contributed by atoms with van der Waals surface area (Å²) in [4.78, 5) is 4.30. The van der Waals surface area contributed by atoms with Gasteiger partial charge in [0, 0.05) is 19.3 Å². The zero-order chi connectivity index (χ0) is 10.4. The molecule has 0 spiro atoms. The van der Waals surface area contributed by atoms with E-state index in [1.54, 1.807) is 13.1 Å². The molecule has 0 saturated heterocycles. The van der Waals surface area contributed by atoms with Gasteiger partial charge >= 0.3 is 0 Å².